The van der Waals surface area contributed by atoms with Crippen LogP contribution < -0.4 is 10.6 Å². The fourth-order valence-electron chi connectivity index (χ4n) is 6.77. The van der Waals surface area contributed by atoms with Crippen LogP contribution in [0.4, 0.5) is 4.79 Å². The van der Waals surface area contributed by atoms with Crippen LogP contribution in [0, 0.1) is 17.8 Å². The molecule has 1 saturated heterocycles. The minimum Gasteiger partial charge on any atom is -0.338 e. The van der Waals surface area contributed by atoms with Crippen molar-refractivity contribution < 1.29 is 9.59 Å². The second kappa shape index (κ2) is 8.07. The van der Waals surface area contributed by atoms with Crippen molar-refractivity contribution in [3.63, 3.8) is 0 Å². The van der Waals surface area contributed by atoms with E-state index in [-0.39, 0.29) is 23.5 Å². The number of hydrogen-bond acceptors (Lipinski definition) is 2. The van der Waals surface area contributed by atoms with Gasteiger partial charge < -0.3 is 15.5 Å². The van der Waals surface area contributed by atoms with Gasteiger partial charge in [0.15, 0.2) is 0 Å². The van der Waals surface area contributed by atoms with Crippen molar-refractivity contribution >= 4 is 23.5 Å². The van der Waals surface area contributed by atoms with E-state index in [0.29, 0.717) is 23.7 Å². The second-order valence-electron chi connectivity index (χ2n) is 10.1. The zero-order valence-corrected chi connectivity index (χ0v) is 18.3. The van der Waals surface area contributed by atoms with Gasteiger partial charge in [0.05, 0.1) is 0 Å². The summed E-state index contributed by atoms with van der Waals surface area (Å²) in [5.41, 5.74) is 0.704. The van der Waals surface area contributed by atoms with Crippen LogP contribution in [0.25, 0.3) is 0 Å². The monoisotopic (exact) mass is 429 g/mol. The van der Waals surface area contributed by atoms with Gasteiger partial charge in [-0.2, -0.15) is 0 Å². The average molecular weight is 430 g/mol. The average Bonchev–Trinajstić information content (AvgIpc) is 2.87. The maximum atomic E-state index is 12.8. The van der Waals surface area contributed by atoms with E-state index < -0.39 is 0 Å². The first kappa shape index (κ1) is 20.2. The van der Waals surface area contributed by atoms with Crippen LogP contribution in [0.5, 0.6) is 0 Å². The molecule has 0 spiro atoms. The number of amides is 3. The number of carbonyl (C=O) groups excluding carboxylic acids is 2. The van der Waals surface area contributed by atoms with E-state index in [2.05, 4.69) is 10.6 Å². The van der Waals surface area contributed by atoms with Gasteiger partial charge >= 0.3 is 6.03 Å². The molecule has 6 heteroatoms. The zero-order valence-electron chi connectivity index (χ0n) is 17.5. The van der Waals surface area contributed by atoms with E-state index in [1.807, 2.05) is 4.90 Å². The second-order valence-corrected chi connectivity index (χ2v) is 10.6. The number of fused-ring (bicyclic) bond motifs is 2. The zero-order chi connectivity index (χ0) is 20.7. The third-order valence-electron chi connectivity index (χ3n) is 8.06. The molecule has 0 radical (unpaired) electrons. The van der Waals surface area contributed by atoms with Crippen LogP contribution in [0.2, 0.25) is 5.02 Å². The normalized spacial score (nSPS) is 33.2. The Hall–Kier alpha value is -1.75. The molecule has 4 atom stereocenters. The molecule has 3 amide bonds. The molecule has 5 rings (SSSR count). The Kier molecular flexibility index (Phi) is 5.42. The molecular weight excluding hydrogens is 398 g/mol. The molecule has 4 unspecified atom stereocenters. The van der Waals surface area contributed by atoms with Gasteiger partial charge in [0, 0.05) is 35.3 Å². The molecule has 30 heavy (non-hydrogen) atoms. The highest BCUT2D eigenvalue weighted by atomic mass is 35.5. The predicted molar refractivity (Wildman–Crippen MR) is 118 cm³/mol. The summed E-state index contributed by atoms with van der Waals surface area (Å²) in [5, 5.41) is 7.27. The molecule has 1 aliphatic heterocycles. The Morgan fingerprint density at radius 2 is 1.70 bits per heavy atom. The van der Waals surface area contributed by atoms with Crippen LogP contribution in [0.15, 0.2) is 24.3 Å². The van der Waals surface area contributed by atoms with E-state index in [1.165, 1.54) is 44.9 Å². The fourth-order valence-corrected chi connectivity index (χ4v) is 6.90. The van der Waals surface area contributed by atoms with Crippen molar-refractivity contribution in [3.8, 4) is 0 Å². The summed E-state index contributed by atoms with van der Waals surface area (Å²) in [6.07, 6.45) is 10.6. The summed E-state index contributed by atoms with van der Waals surface area (Å²) in [6, 6.07) is 7.18. The number of rotatable bonds is 3. The number of likely N-dealkylation sites (tertiary alicyclic amines) is 1. The van der Waals surface area contributed by atoms with Crippen LogP contribution in [0.3, 0.4) is 0 Å². The molecule has 3 saturated carbocycles. The number of nitrogens with one attached hydrogen (secondary N) is 2. The fraction of sp³-hybridized carbons (Fsp3) is 0.667. The van der Waals surface area contributed by atoms with E-state index in [9.17, 15) is 9.59 Å². The van der Waals surface area contributed by atoms with Gasteiger partial charge in [0.2, 0.25) is 0 Å². The van der Waals surface area contributed by atoms with Gasteiger partial charge in [0.1, 0.15) is 0 Å². The van der Waals surface area contributed by atoms with E-state index in [4.69, 9.17) is 11.6 Å². The van der Waals surface area contributed by atoms with E-state index >= 15 is 0 Å². The molecule has 1 aromatic rings. The topological polar surface area (TPSA) is 61.4 Å². The Balaban J connectivity index is 1.12. The van der Waals surface area contributed by atoms with Crippen molar-refractivity contribution in [2.45, 2.75) is 69.4 Å². The molecule has 5 nitrogen and oxygen atoms in total. The van der Waals surface area contributed by atoms with Gasteiger partial charge in [-0.3, -0.25) is 4.79 Å². The number of nitrogens with zero attached hydrogens (tertiary/aromatic N) is 1. The van der Waals surface area contributed by atoms with Gasteiger partial charge in [-0.15, -0.1) is 0 Å². The number of halogens is 1. The lowest BCUT2D eigenvalue weighted by Crippen LogP contribution is -2.56. The van der Waals surface area contributed by atoms with Crippen LogP contribution in [-0.2, 0) is 0 Å². The number of carbonyl (C=O) groups is 2. The van der Waals surface area contributed by atoms with E-state index in [0.717, 1.165) is 30.6 Å². The maximum Gasteiger partial charge on any atom is 0.315 e. The molecule has 1 aromatic carbocycles. The lowest BCUT2D eigenvalue weighted by molar-refractivity contribution is 0.0707. The van der Waals surface area contributed by atoms with Crippen LogP contribution in [0.1, 0.15) is 68.1 Å². The highest BCUT2D eigenvalue weighted by molar-refractivity contribution is 6.30. The summed E-state index contributed by atoms with van der Waals surface area (Å²) in [5.74, 6) is 2.49. The minimum atomic E-state index is -0.00176. The molecule has 4 aliphatic rings. The molecule has 1 heterocycles. The number of piperidine rings is 1. The number of benzene rings is 1. The van der Waals surface area contributed by atoms with Gasteiger partial charge in [0.25, 0.3) is 5.91 Å². The highest BCUT2D eigenvalue weighted by Gasteiger charge is 2.52. The molecule has 4 fully saturated rings. The molecule has 0 aromatic heterocycles. The van der Waals surface area contributed by atoms with Gasteiger partial charge in [-0.05, 0) is 80.5 Å². The van der Waals surface area contributed by atoms with Crippen molar-refractivity contribution in [2.75, 3.05) is 13.1 Å². The summed E-state index contributed by atoms with van der Waals surface area (Å²) >= 11 is 5.92. The van der Waals surface area contributed by atoms with Crippen LogP contribution >= 0.6 is 11.6 Å². The number of urea groups is 1. The Morgan fingerprint density at radius 1 is 0.967 bits per heavy atom. The van der Waals surface area contributed by atoms with Gasteiger partial charge in [-0.1, -0.05) is 30.9 Å². The van der Waals surface area contributed by atoms with Crippen LogP contribution in [-0.4, -0.2) is 41.5 Å². The predicted octanol–water partition coefficient (Wildman–Crippen LogP) is 4.60. The molecule has 2 N–H and O–H groups in total. The van der Waals surface area contributed by atoms with Gasteiger partial charge in [-0.25, -0.2) is 4.79 Å². The lowest BCUT2D eigenvalue weighted by atomic mass is 9.75. The Bertz CT molecular complexity index is 801. The van der Waals surface area contributed by atoms with Crippen molar-refractivity contribution in [2.24, 2.45) is 17.8 Å². The Labute approximate surface area is 183 Å². The minimum absolute atomic E-state index is 0.00176. The first-order valence-corrected chi connectivity index (χ1v) is 12.0. The summed E-state index contributed by atoms with van der Waals surface area (Å²) in [7, 11) is 0. The maximum absolute atomic E-state index is 12.8. The third kappa shape index (κ3) is 4.05. The summed E-state index contributed by atoms with van der Waals surface area (Å²) in [4.78, 5) is 27.4. The van der Waals surface area contributed by atoms with E-state index in [1.54, 1.807) is 24.3 Å². The quantitative estimate of drug-likeness (QED) is 0.737. The third-order valence-corrected chi connectivity index (χ3v) is 8.31. The molecule has 162 valence electrons. The summed E-state index contributed by atoms with van der Waals surface area (Å²) in [6.45, 7) is 1.34. The Morgan fingerprint density at radius 3 is 2.47 bits per heavy atom. The van der Waals surface area contributed by atoms with Crippen molar-refractivity contribution in [3.05, 3.63) is 34.9 Å². The smallest absolute Gasteiger partial charge is 0.315 e. The largest absolute Gasteiger partial charge is 0.338 e. The molecule has 3 aliphatic carbocycles. The SMILES string of the molecule is O=C(NC1CCN(C(=O)c2ccc(Cl)cc2)CC1)NC12CC3CCCC(C1)C(C3)C2. The molecular formula is C24H32ClN3O2. The summed E-state index contributed by atoms with van der Waals surface area (Å²) < 4.78 is 0. The van der Waals surface area contributed by atoms with Crippen molar-refractivity contribution in [1.82, 2.24) is 15.5 Å². The standard InChI is InChI=1S/C24H32ClN3O2/c25-20-6-4-17(5-7-20)22(29)28-10-8-21(9-11-28)26-23(30)27-24-13-16-2-1-3-18(14-24)19(12-16)15-24/h4-7,16,18-19,21H,1-3,8-15H2,(H2,26,27,30). The number of hydrogen-bond donors (Lipinski definition) is 2. The lowest BCUT2D eigenvalue weighted by Gasteiger charge is -2.39. The first-order valence-electron chi connectivity index (χ1n) is 11.6. The highest BCUT2D eigenvalue weighted by Crippen LogP contribution is 2.55. The van der Waals surface area contributed by atoms with Crippen molar-refractivity contribution in [1.29, 1.82) is 0 Å². The molecule has 3 bridgehead atoms. The first-order chi connectivity index (χ1) is 14.5.